The number of methoxy groups -OCH3 is 1. The zero-order chi connectivity index (χ0) is 28.7. The van der Waals surface area contributed by atoms with Crippen LogP contribution in [0.4, 0.5) is 27.6 Å². The van der Waals surface area contributed by atoms with E-state index >= 15 is 0 Å². The average molecular weight is 551 g/mol. The molecule has 0 saturated carbocycles. The summed E-state index contributed by atoms with van der Waals surface area (Å²) in [6.07, 6.45) is -6.05. The highest BCUT2D eigenvalue weighted by Crippen LogP contribution is 2.60. The molecule has 0 unspecified atom stereocenters. The number of ether oxygens (including phenoxy) is 3. The molecule has 5 nitrogen and oxygen atoms in total. The largest absolute Gasteiger partial charge is 0.493 e. The number of alkyl halides is 3. The second-order valence-corrected chi connectivity index (χ2v) is 10.1. The van der Waals surface area contributed by atoms with Crippen LogP contribution in [0.3, 0.4) is 0 Å². The molecular formula is C29H31F5N2O3. The topological polar surface area (TPSA) is 43.8 Å². The van der Waals surface area contributed by atoms with Crippen molar-refractivity contribution in [1.82, 2.24) is 4.98 Å². The van der Waals surface area contributed by atoms with Crippen LogP contribution in [0.25, 0.3) is 0 Å². The number of hydrogen-bond donors (Lipinski definition) is 0. The van der Waals surface area contributed by atoms with Gasteiger partial charge in [-0.2, -0.15) is 17.6 Å². The molecule has 0 N–H and O–H groups in total. The van der Waals surface area contributed by atoms with Gasteiger partial charge in [-0.05, 0) is 25.5 Å². The molecule has 0 amide bonds. The zero-order valence-electron chi connectivity index (χ0n) is 22.6. The molecule has 210 valence electrons. The molecule has 0 spiro atoms. The summed E-state index contributed by atoms with van der Waals surface area (Å²) < 4.78 is 89.5. The fourth-order valence-corrected chi connectivity index (χ4v) is 5.20. The maximum Gasteiger partial charge on any atom is 0.417 e. The summed E-state index contributed by atoms with van der Waals surface area (Å²) in [6.45, 7) is 4.27. The van der Waals surface area contributed by atoms with Crippen LogP contribution in [0.5, 0.6) is 11.5 Å². The number of halogens is 5. The van der Waals surface area contributed by atoms with E-state index in [0.29, 0.717) is 17.1 Å². The lowest BCUT2D eigenvalue weighted by Crippen LogP contribution is -2.46. The van der Waals surface area contributed by atoms with Gasteiger partial charge in [-0.1, -0.05) is 43.3 Å². The van der Waals surface area contributed by atoms with E-state index in [1.54, 1.807) is 32.0 Å². The fraction of sp³-hybridized carbons (Fsp3) is 0.414. The van der Waals surface area contributed by atoms with Gasteiger partial charge in [-0.3, -0.25) is 4.98 Å². The Morgan fingerprint density at radius 1 is 1.08 bits per heavy atom. The van der Waals surface area contributed by atoms with Gasteiger partial charge in [0.05, 0.1) is 12.8 Å². The molecule has 4 rings (SSSR count). The molecule has 1 aliphatic heterocycles. The number of pyridine rings is 1. The average Bonchev–Trinajstić information content (AvgIpc) is 3.15. The predicted molar refractivity (Wildman–Crippen MR) is 137 cm³/mol. The third-order valence-corrected chi connectivity index (χ3v) is 7.38. The van der Waals surface area contributed by atoms with Crippen molar-refractivity contribution >= 4 is 5.69 Å². The molecule has 0 aliphatic carbocycles. The summed E-state index contributed by atoms with van der Waals surface area (Å²) in [7, 11) is 4.59. The summed E-state index contributed by atoms with van der Waals surface area (Å²) in [4.78, 5) is 6.32. The lowest BCUT2D eigenvalue weighted by atomic mass is 9.76. The van der Waals surface area contributed by atoms with Crippen LogP contribution >= 0.6 is 0 Å². The fourth-order valence-electron chi connectivity index (χ4n) is 5.20. The molecule has 2 aromatic carbocycles. The first-order chi connectivity index (χ1) is 18.3. The van der Waals surface area contributed by atoms with Crippen LogP contribution in [0.15, 0.2) is 48.5 Å². The molecule has 1 fully saturated rings. The van der Waals surface area contributed by atoms with E-state index in [1.165, 1.54) is 13.0 Å². The van der Waals surface area contributed by atoms with Gasteiger partial charge in [0.2, 0.25) is 5.82 Å². The maximum atomic E-state index is 14.8. The number of aromatic nitrogens is 1. The van der Waals surface area contributed by atoms with Crippen molar-refractivity contribution in [2.24, 2.45) is 5.92 Å². The summed E-state index contributed by atoms with van der Waals surface area (Å²) in [5, 5.41) is 0. The summed E-state index contributed by atoms with van der Waals surface area (Å²) >= 11 is 0. The third-order valence-electron chi connectivity index (χ3n) is 7.38. The standard InChI is InChI=1S/C29H31F5N2O3/c1-16-14-21(38-15-18-10-8-7-9-11-18)25(36(4)5)24(35-16)27-22(17(2)28(3,39-27)29(32,33)34)19-12-13-20(30)23(31)26(19)37-6/h7-14,17,22,27H,15H2,1-6H3/t17-,22-,27+,28+/m0/s1. The minimum absolute atomic E-state index is 0.0571. The Bertz CT molecular complexity index is 1330. The third kappa shape index (κ3) is 5.14. The number of nitrogens with zero attached hydrogens (tertiary/aromatic N) is 2. The molecule has 1 aliphatic rings. The molecule has 39 heavy (non-hydrogen) atoms. The van der Waals surface area contributed by atoms with E-state index in [1.807, 2.05) is 30.3 Å². The molecule has 1 aromatic heterocycles. The van der Waals surface area contributed by atoms with E-state index in [-0.39, 0.29) is 17.9 Å². The van der Waals surface area contributed by atoms with Gasteiger partial charge in [0.25, 0.3) is 0 Å². The van der Waals surface area contributed by atoms with E-state index in [4.69, 9.17) is 14.2 Å². The molecule has 4 atom stereocenters. The van der Waals surface area contributed by atoms with Crippen LogP contribution in [0.1, 0.15) is 48.4 Å². The van der Waals surface area contributed by atoms with Crippen LogP contribution < -0.4 is 14.4 Å². The van der Waals surface area contributed by atoms with E-state index in [0.717, 1.165) is 25.7 Å². The second-order valence-electron chi connectivity index (χ2n) is 10.1. The van der Waals surface area contributed by atoms with E-state index < -0.39 is 47.1 Å². The molecule has 0 bridgehead atoms. The van der Waals surface area contributed by atoms with Crippen molar-refractivity contribution in [2.75, 3.05) is 26.1 Å². The minimum Gasteiger partial charge on any atom is -0.493 e. The van der Waals surface area contributed by atoms with Gasteiger partial charge in [0.15, 0.2) is 17.2 Å². The molecule has 3 aromatic rings. The Kier molecular flexibility index (Phi) is 7.80. The van der Waals surface area contributed by atoms with Gasteiger partial charge in [-0.15, -0.1) is 0 Å². The van der Waals surface area contributed by atoms with E-state index in [9.17, 15) is 22.0 Å². The monoisotopic (exact) mass is 550 g/mol. The Balaban J connectivity index is 1.91. The Hall–Kier alpha value is -3.40. The quantitative estimate of drug-likeness (QED) is 0.293. The van der Waals surface area contributed by atoms with Gasteiger partial charge in [0, 0.05) is 43.3 Å². The first-order valence-corrected chi connectivity index (χ1v) is 12.4. The first-order valence-electron chi connectivity index (χ1n) is 12.4. The second kappa shape index (κ2) is 10.6. The van der Waals surface area contributed by atoms with Gasteiger partial charge in [-0.25, -0.2) is 4.39 Å². The number of anilines is 1. The number of aryl methyl sites for hydroxylation is 1. The van der Waals surface area contributed by atoms with Crippen LogP contribution in [0, 0.1) is 24.5 Å². The highest BCUT2D eigenvalue weighted by molar-refractivity contribution is 5.63. The highest BCUT2D eigenvalue weighted by Gasteiger charge is 2.65. The molecule has 10 heteroatoms. The minimum atomic E-state index is -4.76. The maximum absolute atomic E-state index is 14.8. The lowest BCUT2D eigenvalue weighted by molar-refractivity contribution is -0.275. The van der Waals surface area contributed by atoms with Gasteiger partial charge >= 0.3 is 6.18 Å². The molecule has 0 radical (unpaired) electrons. The SMILES string of the molecule is COc1c([C@H]2[C@H](c3nc(C)cc(OCc4ccccc4)c3N(C)C)O[C@@](C)(C(F)(F)F)[C@H]2C)ccc(F)c1F. The van der Waals surface area contributed by atoms with Gasteiger partial charge < -0.3 is 19.1 Å². The van der Waals surface area contributed by atoms with Crippen molar-refractivity contribution in [3.63, 3.8) is 0 Å². The lowest BCUT2D eigenvalue weighted by Gasteiger charge is -2.32. The first kappa shape index (κ1) is 28.6. The molecule has 1 saturated heterocycles. The van der Waals surface area contributed by atoms with Crippen LogP contribution in [-0.4, -0.2) is 38.0 Å². The predicted octanol–water partition coefficient (Wildman–Crippen LogP) is 7.13. The Labute approximate surface area is 224 Å². The normalized spacial score (nSPS) is 23.1. The van der Waals surface area contributed by atoms with E-state index in [2.05, 4.69) is 4.98 Å². The summed E-state index contributed by atoms with van der Waals surface area (Å²) in [6, 6.07) is 13.3. The van der Waals surface area contributed by atoms with Crippen molar-refractivity contribution in [1.29, 1.82) is 0 Å². The Morgan fingerprint density at radius 3 is 2.33 bits per heavy atom. The van der Waals surface area contributed by atoms with Crippen molar-refractivity contribution in [3.05, 3.63) is 82.7 Å². The van der Waals surface area contributed by atoms with Crippen LogP contribution in [-0.2, 0) is 11.3 Å². The smallest absolute Gasteiger partial charge is 0.417 e. The number of hydrogen-bond acceptors (Lipinski definition) is 5. The Morgan fingerprint density at radius 2 is 1.74 bits per heavy atom. The summed E-state index contributed by atoms with van der Waals surface area (Å²) in [5.74, 6) is -4.82. The van der Waals surface area contributed by atoms with Gasteiger partial charge in [0.1, 0.15) is 24.1 Å². The number of benzene rings is 2. The van der Waals surface area contributed by atoms with Crippen LogP contribution in [0.2, 0.25) is 0 Å². The molecule has 2 heterocycles. The highest BCUT2D eigenvalue weighted by atomic mass is 19.4. The summed E-state index contributed by atoms with van der Waals surface area (Å²) in [5.41, 5.74) is -0.546. The molecular weight excluding hydrogens is 519 g/mol. The van der Waals surface area contributed by atoms with Crippen molar-refractivity contribution < 1.29 is 36.2 Å². The van der Waals surface area contributed by atoms with Crippen molar-refractivity contribution in [2.45, 2.75) is 51.2 Å². The van der Waals surface area contributed by atoms with Crippen molar-refractivity contribution in [3.8, 4) is 11.5 Å². The zero-order valence-corrected chi connectivity index (χ0v) is 22.6. The number of rotatable bonds is 7.